The first kappa shape index (κ1) is 11.4. The number of aromatic nitrogens is 2. The van der Waals surface area contributed by atoms with Crippen LogP contribution < -0.4 is 5.32 Å². The Hall–Kier alpha value is -1.12. The zero-order chi connectivity index (χ0) is 11.4. The molecule has 3 heteroatoms. The summed E-state index contributed by atoms with van der Waals surface area (Å²) in [4.78, 5) is 9.01. The maximum absolute atomic E-state index is 4.59. The number of rotatable bonds is 4. The summed E-state index contributed by atoms with van der Waals surface area (Å²) in [6, 6.07) is 1.94. The predicted octanol–water partition coefficient (Wildman–Crippen LogP) is 3.20. The quantitative estimate of drug-likeness (QED) is 0.845. The van der Waals surface area contributed by atoms with Crippen molar-refractivity contribution in [3.05, 3.63) is 18.1 Å². The largest absolute Gasteiger partial charge is 0.370 e. The van der Waals surface area contributed by atoms with Gasteiger partial charge in [0.1, 0.15) is 11.6 Å². The molecular formula is C13H21N3. The van der Waals surface area contributed by atoms with Crippen LogP contribution in [-0.4, -0.2) is 16.5 Å². The lowest BCUT2D eigenvalue weighted by atomic mass is 10.0. The normalized spacial score (nSPS) is 24.6. The van der Waals surface area contributed by atoms with Gasteiger partial charge in [-0.15, -0.1) is 0 Å². The van der Waals surface area contributed by atoms with E-state index in [-0.39, 0.29) is 0 Å². The van der Waals surface area contributed by atoms with Gasteiger partial charge in [-0.2, -0.15) is 0 Å². The molecule has 1 aliphatic rings. The second-order valence-electron chi connectivity index (χ2n) is 4.61. The van der Waals surface area contributed by atoms with E-state index in [9.17, 15) is 0 Å². The van der Waals surface area contributed by atoms with Gasteiger partial charge in [0.2, 0.25) is 0 Å². The minimum absolute atomic E-state index is 0.587. The molecule has 1 aromatic rings. The lowest BCUT2D eigenvalue weighted by molar-refractivity contribution is 0.516. The van der Waals surface area contributed by atoms with Crippen LogP contribution in [0.15, 0.2) is 12.3 Å². The van der Waals surface area contributed by atoms with E-state index in [1.165, 1.54) is 25.7 Å². The first-order chi connectivity index (χ1) is 7.83. The van der Waals surface area contributed by atoms with Gasteiger partial charge in [-0.1, -0.05) is 13.3 Å². The van der Waals surface area contributed by atoms with Crippen LogP contribution in [0, 0.1) is 5.92 Å². The fourth-order valence-corrected chi connectivity index (χ4v) is 2.53. The smallest absolute Gasteiger partial charge is 0.133 e. The van der Waals surface area contributed by atoms with Gasteiger partial charge < -0.3 is 5.32 Å². The monoisotopic (exact) mass is 219 g/mol. The van der Waals surface area contributed by atoms with Crippen LogP contribution in [0.1, 0.15) is 51.3 Å². The summed E-state index contributed by atoms with van der Waals surface area (Å²) in [6.07, 6.45) is 7.04. The maximum Gasteiger partial charge on any atom is 0.133 e. The maximum atomic E-state index is 4.59. The Morgan fingerprint density at radius 3 is 2.94 bits per heavy atom. The first-order valence-corrected chi connectivity index (χ1v) is 6.40. The summed E-state index contributed by atoms with van der Waals surface area (Å²) >= 11 is 0. The van der Waals surface area contributed by atoms with E-state index in [0.717, 1.165) is 24.1 Å². The molecular weight excluding hydrogens is 198 g/mol. The van der Waals surface area contributed by atoms with E-state index in [1.807, 2.05) is 12.3 Å². The third-order valence-electron chi connectivity index (χ3n) is 3.52. The number of nitrogens with zero attached hydrogens (tertiary/aromatic N) is 2. The second kappa shape index (κ2) is 5.28. The molecule has 2 atom stereocenters. The molecule has 1 saturated carbocycles. The Labute approximate surface area is 97.7 Å². The minimum Gasteiger partial charge on any atom is -0.370 e. The highest BCUT2D eigenvalue weighted by atomic mass is 15.0. The molecule has 0 amide bonds. The van der Waals surface area contributed by atoms with Gasteiger partial charge >= 0.3 is 0 Å². The van der Waals surface area contributed by atoms with Crippen molar-refractivity contribution < 1.29 is 0 Å². The molecule has 0 aliphatic heterocycles. The number of anilines is 1. The van der Waals surface area contributed by atoms with Crippen LogP contribution in [0.5, 0.6) is 0 Å². The van der Waals surface area contributed by atoms with Gasteiger partial charge in [-0.3, -0.25) is 0 Å². The highest BCUT2D eigenvalue weighted by molar-refractivity contribution is 5.33. The fraction of sp³-hybridized carbons (Fsp3) is 0.692. The van der Waals surface area contributed by atoms with E-state index < -0.39 is 0 Å². The molecule has 1 heterocycles. The van der Waals surface area contributed by atoms with Crippen LogP contribution in [0.25, 0.3) is 0 Å². The van der Waals surface area contributed by atoms with Crippen LogP contribution in [0.3, 0.4) is 0 Å². The molecule has 1 fully saturated rings. The van der Waals surface area contributed by atoms with Gasteiger partial charge in [0.15, 0.2) is 0 Å². The van der Waals surface area contributed by atoms with Crippen molar-refractivity contribution in [2.24, 2.45) is 5.92 Å². The lowest BCUT2D eigenvalue weighted by Crippen LogP contribution is -2.05. The second-order valence-corrected chi connectivity index (χ2v) is 4.61. The third-order valence-corrected chi connectivity index (χ3v) is 3.52. The Morgan fingerprint density at radius 1 is 1.38 bits per heavy atom. The average Bonchev–Trinajstić information content (AvgIpc) is 2.78. The average molecular weight is 219 g/mol. The summed E-state index contributed by atoms with van der Waals surface area (Å²) in [5.74, 6) is 3.47. The zero-order valence-corrected chi connectivity index (χ0v) is 10.2. The van der Waals surface area contributed by atoms with E-state index in [4.69, 9.17) is 0 Å². The molecule has 0 bridgehead atoms. The SMILES string of the molecule is CCNc1ccnc(C2CCC(CC)C2)n1. The number of hydrogen-bond donors (Lipinski definition) is 1. The van der Waals surface area contributed by atoms with Crippen molar-refractivity contribution in [3.8, 4) is 0 Å². The summed E-state index contributed by atoms with van der Waals surface area (Å²) in [7, 11) is 0. The number of nitrogens with one attached hydrogen (secondary N) is 1. The summed E-state index contributed by atoms with van der Waals surface area (Å²) < 4.78 is 0. The van der Waals surface area contributed by atoms with Gasteiger partial charge in [0, 0.05) is 18.7 Å². The minimum atomic E-state index is 0.587. The van der Waals surface area contributed by atoms with Crippen LogP contribution >= 0.6 is 0 Å². The van der Waals surface area contributed by atoms with Gasteiger partial charge in [-0.05, 0) is 38.2 Å². The molecule has 1 N–H and O–H groups in total. The van der Waals surface area contributed by atoms with E-state index in [0.29, 0.717) is 5.92 Å². The molecule has 0 saturated heterocycles. The van der Waals surface area contributed by atoms with Crippen molar-refractivity contribution >= 4 is 5.82 Å². The van der Waals surface area contributed by atoms with Crippen molar-refractivity contribution in [2.45, 2.75) is 45.4 Å². The Balaban J connectivity index is 2.06. The molecule has 1 aliphatic carbocycles. The summed E-state index contributed by atoms with van der Waals surface area (Å²) in [5.41, 5.74) is 0. The lowest BCUT2D eigenvalue weighted by Gasteiger charge is -2.10. The van der Waals surface area contributed by atoms with Crippen LogP contribution in [-0.2, 0) is 0 Å². The molecule has 3 nitrogen and oxygen atoms in total. The Bertz CT molecular complexity index is 338. The fourth-order valence-electron chi connectivity index (χ4n) is 2.53. The van der Waals surface area contributed by atoms with E-state index in [1.54, 1.807) is 0 Å². The van der Waals surface area contributed by atoms with E-state index >= 15 is 0 Å². The van der Waals surface area contributed by atoms with Crippen molar-refractivity contribution in [1.82, 2.24) is 9.97 Å². The first-order valence-electron chi connectivity index (χ1n) is 6.40. The van der Waals surface area contributed by atoms with Gasteiger partial charge in [-0.25, -0.2) is 9.97 Å². The van der Waals surface area contributed by atoms with Gasteiger partial charge in [0.05, 0.1) is 0 Å². The highest BCUT2D eigenvalue weighted by Gasteiger charge is 2.26. The molecule has 2 unspecified atom stereocenters. The molecule has 2 rings (SSSR count). The standard InChI is InChI=1S/C13H21N3/c1-3-10-5-6-11(9-10)13-15-8-7-12(16-13)14-4-2/h7-8,10-11H,3-6,9H2,1-2H3,(H,14,15,16). The zero-order valence-electron chi connectivity index (χ0n) is 10.2. The molecule has 1 aromatic heterocycles. The van der Waals surface area contributed by atoms with E-state index in [2.05, 4.69) is 29.1 Å². The summed E-state index contributed by atoms with van der Waals surface area (Å²) in [6.45, 7) is 5.28. The van der Waals surface area contributed by atoms with Gasteiger partial charge in [0.25, 0.3) is 0 Å². The van der Waals surface area contributed by atoms with Crippen molar-refractivity contribution in [1.29, 1.82) is 0 Å². The van der Waals surface area contributed by atoms with Crippen molar-refractivity contribution in [2.75, 3.05) is 11.9 Å². The van der Waals surface area contributed by atoms with Crippen molar-refractivity contribution in [3.63, 3.8) is 0 Å². The Morgan fingerprint density at radius 2 is 2.25 bits per heavy atom. The topological polar surface area (TPSA) is 37.8 Å². The summed E-state index contributed by atoms with van der Waals surface area (Å²) in [5, 5.41) is 3.25. The Kier molecular flexibility index (Phi) is 3.75. The molecule has 0 radical (unpaired) electrons. The number of hydrogen-bond acceptors (Lipinski definition) is 3. The predicted molar refractivity (Wildman–Crippen MR) is 66.6 cm³/mol. The van der Waals surface area contributed by atoms with Crippen LogP contribution in [0.4, 0.5) is 5.82 Å². The molecule has 0 aromatic carbocycles. The molecule has 88 valence electrons. The third kappa shape index (κ3) is 2.52. The van der Waals surface area contributed by atoms with Crippen LogP contribution in [0.2, 0.25) is 0 Å². The molecule has 16 heavy (non-hydrogen) atoms. The molecule has 0 spiro atoms. The highest BCUT2D eigenvalue weighted by Crippen LogP contribution is 2.38.